The fraction of sp³-hybridized carbons (Fsp3) is 0.909. The fourth-order valence-electron chi connectivity index (χ4n) is 1.77. The lowest BCUT2D eigenvalue weighted by Gasteiger charge is -2.35. The number of carbonyl (C=O) groups is 1. The molecule has 0 aliphatic carbocycles. The summed E-state index contributed by atoms with van der Waals surface area (Å²) in [5.41, 5.74) is 0. The van der Waals surface area contributed by atoms with Gasteiger partial charge in [-0.1, -0.05) is 20.3 Å². The molecule has 1 rings (SSSR count). The Balaban J connectivity index is 2.63. The number of hydrogen-bond donors (Lipinski definition) is 0. The van der Waals surface area contributed by atoms with Gasteiger partial charge in [0.1, 0.15) is 0 Å². The van der Waals surface area contributed by atoms with Crippen LogP contribution in [0.5, 0.6) is 0 Å². The highest BCUT2D eigenvalue weighted by atomic mass is 16.7. The molecule has 1 aliphatic heterocycles. The van der Waals surface area contributed by atoms with Gasteiger partial charge in [-0.3, -0.25) is 4.79 Å². The van der Waals surface area contributed by atoms with Crippen LogP contribution < -0.4 is 0 Å². The molecular weight excluding hydrogens is 180 g/mol. The van der Waals surface area contributed by atoms with Crippen molar-refractivity contribution >= 4 is 5.78 Å². The number of rotatable bonds is 5. The normalized spacial score (nSPS) is 20.7. The Morgan fingerprint density at radius 3 is 2.36 bits per heavy atom. The SMILES string of the molecule is CCCC(=O)C1(CCC)OCCCO1. The summed E-state index contributed by atoms with van der Waals surface area (Å²) in [4.78, 5) is 11.9. The molecule has 14 heavy (non-hydrogen) atoms. The third kappa shape index (κ3) is 2.55. The highest BCUT2D eigenvalue weighted by Crippen LogP contribution is 2.27. The van der Waals surface area contributed by atoms with Crippen molar-refractivity contribution in [2.24, 2.45) is 0 Å². The smallest absolute Gasteiger partial charge is 0.228 e. The lowest BCUT2D eigenvalue weighted by molar-refractivity contribution is -0.255. The maximum atomic E-state index is 11.9. The van der Waals surface area contributed by atoms with Gasteiger partial charge in [0.25, 0.3) is 0 Å². The van der Waals surface area contributed by atoms with Crippen LogP contribution in [0.15, 0.2) is 0 Å². The van der Waals surface area contributed by atoms with Crippen molar-refractivity contribution in [3.63, 3.8) is 0 Å². The van der Waals surface area contributed by atoms with Crippen molar-refractivity contribution in [3.8, 4) is 0 Å². The van der Waals surface area contributed by atoms with Crippen LogP contribution in [-0.4, -0.2) is 24.8 Å². The van der Waals surface area contributed by atoms with Crippen LogP contribution in [0.3, 0.4) is 0 Å². The number of Topliss-reactive ketones (excluding diaryl/α,β-unsaturated/α-hetero) is 1. The van der Waals surface area contributed by atoms with Crippen LogP contribution in [0.25, 0.3) is 0 Å². The molecule has 1 aliphatic rings. The van der Waals surface area contributed by atoms with E-state index in [0.29, 0.717) is 26.1 Å². The van der Waals surface area contributed by atoms with E-state index in [-0.39, 0.29) is 5.78 Å². The molecule has 3 heteroatoms. The van der Waals surface area contributed by atoms with Gasteiger partial charge in [-0.05, 0) is 12.8 Å². The first-order valence-corrected chi connectivity index (χ1v) is 5.56. The van der Waals surface area contributed by atoms with E-state index < -0.39 is 5.79 Å². The van der Waals surface area contributed by atoms with E-state index in [2.05, 4.69) is 0 Å². The van der Waals surface area contributed by atoms with Crippen LogP contribution >= 0.6 is 0 Å². The van der Waals surface area contributed by atoms with Crippen LogP contribution in [-0.2, 0) is 14.3 Å². The second-order valence-corrected chi connectivity index (χ2v) is 3.73. The Labute approximate surface area is 85.8 Å². The number of ketones is 1. The first-order valence-electron chi connectivity index (χ1n) is 5.56. The summed E-state index contributed by atoms with van der Waals surface area (Å²) in [6.07, 6.45) is 3.91. The predicted octanol–water partition coefficient (Wildman–Crippen LogP) is 2.29. The van der Waals surface area contributed by atoms with E-state index in [4.69, 9.17) is 9.47 Å². The molecule has 0 bridgehead atoms. The van der Waals surface area contributed by atoms with Gasteiger partial charge in [-0.25, -0.2) is 0 Å². The van der Waals surface area contributed by atoms with Crippen molar-refractivity contribution in [3.05, 3.63) is 0 Å². The molecule has 0 saturated carbocycles. The minimum atomic E-state index is -0.900. The average Bonchev–Trinajstić information content (AvgIpc) is 2.20. The fourth-order valence-corrected chi connectivity index (χ4v) is 1.77. The molecule has 1 saturated heterocycles. The molecule has 0 N–H and O–H groups in total. The van der Waals surface area contributed by atoms with Gasteiger partial charge in [-0.2, -0.15) is 0 Å². The van der Waals surface area contributed by atoms with Gasteiger partial charge in [0.05, 0.1) is 13.2 Å². The zero-order valence-electron chi connectivity index (χ0n) is 9.17. The number of hydrogen-bond acceptors (Lipinski definition) is 3. The molecule has 0 aromatic heterocycles. The summed E-state index contributed by atoms with van der Waals surface area (Å²) in [6.45, 7) is 5.34. The van der Waals surface area contributed by atoms with Crippen molar-refractivity contribution < 1.29 is 14.3 Å². The molecule has 1 fully saturated rings. The van der Waals surface area contributed by atoms with Crippen molar-refractivity contribution in [2.45, 2.75) is 51.7 Å². The van der Waals surface area contributed by atoms with Gasteiger partial charge in [0.15, 0.2) is 5.78 Å². The summed E-state index contributed by atoms with van der Waals surface area (Å²) in [5.74, 6) is -0.787. The second-order valence-electron chi connectivity index (χ2n) is 3.73. The van der Waals surface area contributed by atoms with Gasteiger partial charge >= 0.3 is 0 Å². The molecule has 0 radical (unpaired) electrons. The summed E-state index contributed by atoms with van der Waals surface area (Å²) in [6, 6.07) is 0. The Kier molecular flexibility index (Phi) is 4.55. The highest BCUT2D eigenvalue weighted by Gasteiger charge is 2.40. The van der Waals surface area contributed by atoms with Crippen molar-refractivity contribution in [1.82, 2.24) is 0 Å². The summed E-state index contributed by atoms with van der Waals surface area (Å²) in [7, 11) is 0. The first kappa shape index (κ1) is 11.7. The standard InChI is InChI=1S/C11H20O3/c1-3-6-10(12)11(7-4-2)13-8-5-9-14-11/h3-9H2,1-2H3. The Morgan fingerprint density at radius 2 is 1.86 bits per heavy atom. The quantitative estimate of drug-likeness (QED) is 0.683. The Bertz CT molecular complexity index is 177. The van der Waals surface area contributed by atoms with Gasteiger partial charge in [0.2, 0.25) is 5.79 Å². The molecule has 1 heterocycles. The zero-order valence-corrected chi connectivity index (χ0v) is 9.17. The van der Waals surface area contributed by atoms with E-state index in [0.717, 1.165) is 19.3 Å². The van der Waals surface area contributed by atoms with E-state index in [1.165, 1.54) is 0 Å². The topological polar surface area (TPSA) is 35.5 Å². The van der Waals surface area contributed by atoms with E-state index in [1.807, 2.05) is 13.8 Å². The Hall–Kier alpha value is -0.410. The van der Waals surface area contributed by atoms with Gasteiger partial charge in [0, 0.05) is 12.8 Å². The molecule has 0 spiro atoms. The molecule has 0 amide bonds. The third-order valence-corrected chi connectivity index (χ3v) is 2.44. The van der Waals surface area contributed by atoms with Crippen LogP contribution in [0, 0.1) is 0 Å². The Morgan fingerprint density at radius 1 is 1.21 bits per heavy atom. The molecule has 0 aromatic carbocycles. The summed E-state index contributed by atoms with van der Waals surface area (Å²) >= 11 is 0. The highest BCUT2D eigenvalue weighted by molar-refractivity contribution is 5.85. The largest absolute Gasteiger partial charge is 0.344 e. The first-order chi connectivity index (χ1) is 6.75. The van der Waals surface area contributed by atoms with Crippen molar-refractivity contribution in [1.29, 1.82) is 0 Å². The van der Waals surface area contributed by atoms with Gasteiger partial charge < -0.3 is 9.47 Å². The maximum Gasteiger partial charge on any atom is 0.228 e. The van der Waals surface area contributed by atoms with Gasteiger partial charge in [-0.15, -0.1) is 0 Å². The van der Waals surface area contributed by atoms with E-state index in [1.54, 1.807) is 0 Å². The molecule has 0 aromatic rings. The zero-order chi connectivity index (χ0) is 10.4. The minimum absolute atomic E-state index is 0.113. The average molecular weight is 200 g/mol. The van der Waals surface area contributed by atoms with E-state index >= 15 is 0 Å². The maximum absolute atomic E-state index is 11.9. The second kappa shape index (κ2) is 5.47. The van der Waals surface area contributed by atoms with Crippen LogP contribution in [0.4, 0.5) is 0 Å². The number of carbonyl (C=O) groups excluding carboxylic acids is 1. The monoisotopic (exact) mass is 200 g/mol. The summed E-state index contributed by atoms with van der Waals surface area (Å²) in [5, 5.41) is 0. The van der Waals surface area contributed by atoms with Crippen LogP contribution in [0.1, 0.15) is 46.0 Å². The lowest BCUT2D eigenvalue weighted by atomic mass is 10.0. The summed E-state index contributed by atoms with van der Waals surface area (Å²) < 4.78 is 11.1. The molecular formula is C11H20O3. The lowest BCUT2D eigenvalue weighted by Crippen LogP contribution is -2.47. The minimum Gasteiger partial charge on any atom is -0.344 e. The van der Waals surface area contributed by atoms with E-state index in [9.17, 15) is 4.79 Å². The van der Waals surface area contributed by atoms with Crippen molar-refractivity contribution in [2.75, 3.05) is 13.2 Å². The van der Waals surface area contributed by atoms with Crippen LogP contribution in [0.2, 0.25) is 0 Å². The molecule has 0 atom stereocenters. The molecule has 0 unspecified atom stereocenters. The number of ether oxygens (including phenoxy) is 2. The third-order valence-electron chi connectivity index (χ3n) is 2.44. The molecule has 82 valence electrons. The predicted molar refractivity (Wildman–Crippen MR) is 54.1 cm³/mol. The molecule has 3 nitrogen and oxygen atoms in total.